The van der Waals surface area contributed by atoms with Crippen LogP contribution in [-0.2, 0) is 0 Å². The Labute approximate surface area is 190 Å². The van der Waals surface area contributed by atoms with E-state index >= 15 is 0 Å². The molecule has 2 aliphatic heterocycles. The molecule has 5 heteroatoms. The molecule has 2 aromatic rings. The highest BCUT2D eigenvalue weighted by Gasteiger charge is 2.20. The van der Waals surface area contributed by atoms with Gasteiger partial charge in [0.2, 0.25) is 0 Å². The highest BCUT2D eigenvalue weighted by molar-refractivity contribution is 7.99. The Morgan fingerprint density at radius 3 is 2.87 bits per heavy atom. The summed E-state index contributed by atoms with van der Waals surface area (Å²) < 4.78 is 0. The number of aliphatic imine (C=N–C) groups is 1. The van der Waals surface area contributed by atoms with E-state index in [-0.39, 0.29) is 5.91 Å². The molecule has 0 aliphatic carbocycles. The van der Waals surface area contributed by atoms with Crippen molar-refractivity contribution in [1.82, 2.24) is 10.2 Å². The first-order valence-corrected chi connectivity index (χ1v) is 12.5. The molecule has 1 fully saturated rings. The van der Waals surface area contributed by atoms with Crippen molar-refractivity contribution in [2.75, 3.05) is 19.6 Å². The van der Waals surface area contributed by atoms with Crippen LogP contribution in [0, 0.1) is 0 Å². The van der Waals surface area contributed by atoms with E-state index < -0.39 is 0 Å². The molecule has 1 amide bonds. The van der Waals surface area contributed by atoms with Crippen molar-refractivity contribution in [3.8, 4) is 0 Å². The molecule has 2 heterocycles. The van der Waals surface area contributed by atoms with Crippen molar-refractivity contribution in [2.24, 2.45) is 4.99 Å². The number of likely N-dealkylation sites (tertiary alicyclic amines) is 1. The number of nitrogens with zero attached hydrogens (tertiary/aromatic N) is 2. The van der Waals surface area contributed by atoms with Gasteiger partial charge in [0.1, 0.15) is 0 Å². The maximum Gasteiger partial charge on any atom is 0.251 e. The molecule has 4 rings (SSSR count). The Morgan fingerprint density at radius 1 is 1.16 bits per heavy atom. The number of hydrogen-bond acceptors (Lipinski definition) is 4. The van der Waals surface area contributed by atoms with Gasteiger partial charge in [-0.15, -0.1) is 0 Å². The molecule has 0 unspecified atom stereocenters. The summed E-state index contributed by atoms with van der Waals surface area (Å²) in [6, 6.07) is 15.0. The predicted octanol–water partition coefficient (Wildman–Crippen LogP) is 6.07. The van der Waals surface area contributed by atoms with E-state index in [4.69, 9.17) is 4.99 Å². The monoisotopic (exact) mass is 435 g/mol. The maximum atomic E-state index is 12.8. The number of rotatable bonds is 7. The van der Waals surface area contributed by atoms with Crippen molar-refractivity contribution in [2.45, 2.75) is 68.2 Å². The molecule has 31 heavy (non-hydrogen) atoms. The Morgan fingerprint density at radius 2 is 2.03 bits per heavy atom. The highest BCUT2D eigenvalue weighted by atomic mass is 32.2. The van der Waals surface area contributed by atoms with Crippen LogP contribution in [0.5, 0.6) is 0 Å². The molecule has 0 spiro atoms. The molecule has 2 aromatic carbocycles. The van der Waals surface area contributed by atoms with Crippen molar-refractivity contribution in [1.29, 1.82) is 0 Å². The van der Waals surface area contributed by atoms with Gasteiger partial charge in [0, 0.05) is 45.8 Å². The standard InChI is InChI=1S/C26H33N3OS/c1-3-20-10-7-8-16-29(20)17-9-15-27-26(30)19-13-14-25-23(18-19)28-22(4-2)21-11-5-6-12-24(21)31-25/h5-6,11-14,18,20H,3-4,7-10,15-17H2,1-2H3,(H,27,30)/t20-/m1/s1. The number of amides is 1. The Hall–Kier alpha value is -2.11. The van der Waals surface area contributed by atoms with Crippen molar-refractivity contribution < 1.29 is 4.79 Å². The average molecular weight is 436 g/mol. The first-order valence-electron chi connectivity index (χ1n) is 11.7. The number of hydrogen-bond donors (Lipinski definition) is 1. The number of nitrogens with one attached hydrogen (secondary N) is 1. The lowest BCUT2D eigenvalue weighted by Gasteiger charge is -2.35. The molecule has 0 bridgehead atoms. The molecule has 1 N–H and O–H groups in total. The third-order valence-electron chi connectivity index (χ3n) is 6.36. The molecule has 1 saturated heterocycles. The fourth-order valence-electron chi connectivity index (χ4n) is 4.62. The fourth-order valence-corrected chi connectivity index (χ4v) is 5.65. The summed E-state index contributed by atoms with van der Waals surface area (Å²) >= 11 is 1.73. The average Bonchev–Trinajstić information content (AvgIpc) is 2.97. The van der Waals surface area contributed by atoms with E-state index in [2.05, 4.69) is 48.3 Å². The minimum atomic E-state index is -0.00602. The Bertz CT molecular complexity index is 955. The predicted molar refractivity (Wildman–Crippen MR) is 130 cm³/mol. The van der Waals surface area contributed by atoms with Gasteiger partial charge >= 0.3 is 0 Å². The molecule has 0 saturated carbocycles. The summed E-state index contributed by atoms with van der Waals surface area (Å²) in [6.45, 7) is 7.41. The van der Waals surface area contributed by atoms with Crippen LogP contribution in [0.4, 0.5) is 5.69 Å². The SMILES string of the molecule is CCC1=Nc2cc(C(=O)NCCCN3CCCC[C@H]3CC)ccc2Sc2ccccc21. The molecule has 1 atom stereocenters. The molecule has 164 valence electrons. The van der Waals surface area contributed by atoms with Crippen LogP contribution in [0.2, 0.25) is 0 Å². The summed E-state index contributed by atoms with van der Waals surface area (Å²) in [5, 5.41) is 3.12. The van der Waals surface area contributed by atoms with Gasteiger partial charge in [-0.3, -0.25) is 9.79 Å². The summed E-state index contributed by atoms with van der Waals surface area (Å²) in [5.74, 6) is -0.00602. The molecule has 0 radical (unpaired) electrons. The third kappa shape index (κ3) is 5.21. The zero-order chi connectivity index (χ0) is 21.6. The molecule has 2 aliphatic rings. The van der Waals surface area contributed by atoms with E-state index in [1.165, 1.54) is 42.7 Å². The van der Waals surface area contributed by atoms with E-state index in [9.17, 15) is 4.79 Å². The topological polar surface area (TPSA) is 44.7 Å². The zero-order valence-electron chi connectivity index (χ0n) is 18.7. The first kappa shape index (κ1) is 22.1. The molecular formula is C26H33N3OS. The Balaban J connectivity index is 1.39. The second kappa shape index (κ2) is 10.5. The van der Waals surface area contributed by atoms with Gasteiger partial charge in [-0.05, 0) is 62.9 Å². The van der Waals surface area contributed by atoms with E-state index in [1.54, 1.807) is 11.8 Å². The summed E-state index contributed by atoms with van der Waals surface area (Å²) in [6.07, 6.45) is 7.07. The van der Waals surface area contributed by atoms with Crippen LogP contribution in [0.25, 0.3) is 0 Å². The quantitative estimate of drug-likeness (QED) is 0.537. The lowest BCUT2D eigenvalue weighted by atomic mass is 10.00. The minimum absolute atomic E-state index is 0.00602. The van der Waals surface area contributed by atoms with Crippen molar-refractivity contribution >= 4 is 29.1 Å². The van der Waals surface area contributed by atoms with Crippen LogP contribution >= 0.6 is 11.8 Å². The van der Waals surface area contributed by atoms with Gasteiger partial charge in [0.25, 0.3) is 5.91 Å². The van der Waals surface area contributed by atoms with Crippen LogP contribution in [0.15, 0.2) is 57.2 Å². The highest BCUT2D eigenvalue weighted by Crippen LogP contribution is 2.41. The van der Waals surface area contributed by atoms with Gasteiger partial charge < -0.3 is 10.2 Å². The van der Waals surface area contributed by atoms with Crippen LogP contribution < -0.4 is 5.32 Å². The van der Waals surface area contributed by atoms with E-state index in [0.717, 1.165) is 41.7 Å². The summed E-state index contributed by atoms with van der Waals surface area (Å²) in [4.78, 5) is 22.6. The fraction of sp³-hybridized carbons (Fsp3) is 0.462. The number of benzene rings is 2. The zero-order valence-corrected chi connectivity index (χ0v) is 19.5. The van der Waals surface area contributed by atoms with Crippen LogP contribution in [0.1, 0.15) is 68.3 Å². The number of carbonyl (C=O) groups excluding carboxylic acids is 1. The third-order valence-corrected chi connectivity index (χ3v) is 7.50. The van der Waals surface area contributed by atoms with Crippen LogP contribution in [-0.4, -0.2) is 42.2 Å². The Kier molecular flexibility index (Phi) is 7.46. The molecule has 0 aromatic heterocycles. The maximum absolute atomic E-state index is 12.8. The number of piperidine rings is 1. The van der Waals surface area contributed by atoms with Gasteiger partial charge in [0.05, 0.1) is 5.69 Å². The summed E-state index contributed by atoms with van der Waals surface area (Å²) in [5.41, 5.74) is 3.85. The number of carbonyl (C=O) groups is 1. The van der Waals surface area contributed by atoms with E-state index in [1.807, 2.05) is 18.2 Å². The summed E-state index contributed by atoms with van der Waals surface area (Å²) in [7, 11) is 0. The van der Waals surface area contributed by atoms with Crippen LogP contribution in [0.3, 0.4) is 0 Å². The van der Waals surface area contributed by atoms with Crippen molar-refractivity contribution in [3.05, 3.63) is 53.6 Å². The first-order chi connectivity index (χ1) is 15.2. The normalized spacial score (nSPS) is 18.5. The molecular weight excluding hydrogens is 402 g/mol. The van der Waals surface area contributed by atoms with Gasteiger partial charge in [-0.1, -0.05) is 50.2 Å². The molecule has 4 nitrogen and oxygen atoms in total. The van der Waals surface area contributed by atoms with Gasteiger partial charge in [-0.25, -0.2) is 0 Å². The van der Waals surface area contributed by atoms with Crippen molar-refractivity contribution in [3.63, 3.8) is 0 Å². The van der Waals surface area contributed by atoms with Gasteiger partial charge in [-0.2, -0.15) is 0 Å². The van der Waals surface area contributed by atoms with Gasteiger partial charge in [0.15, 0.2) is 0 Å². The smallest absolute Gasteiger partial charge is 0.251 e. The lowest BCUT2D eigenvalue weighted by Crippen LogP contribution is -2.40. The lowest BCUT2D eigenvalue weighted by molar-refractivity contribution is 0.0947. The largest absolute Gasteiger partial charge is 0.352 e. The number of fused-ring (bicyclic) bond motifs is 2. The van der Waals surface area contributed by atoms with E-state index in [0.29, 0.717) is 12.1 Å². The second-order valence-electron chi connectivity index (χ2n) is 8.40. The second-order valence-corrected chi connectivity index (χ2v) is 9.48. The minimum Gasteiger partial charge on any atom is -0.352 e.